The molecule has 0 unspecified atom stereocenters. The van der Waals surface area contributed by atoms with Gasteiger partial charge in [-0.3, -0.25) is 4.57 Å². The zero-order valence-corrected chi connectivity index (χ0v) is 16.6. The van der Waals surface area contributed by atoms with Crippen LogP contribution in [0.25, 0.3) is 11.2 Å². The zero-order valence-electron chi connectivity index (χ0n) is 15.0. The quantitative estimate of drug-likeness (QED) is 0.563. The molecule has 28 heavy (non-hydrogen) atoms. The molecule has 3 aromatic rings. The van der Waals surface area contributed by atoms with Crippen molar-refractivity contribution in [3.8, 4) is 0 Å². The molecule has 5 rings (SSSR count). The predicted molar refractivity (Wildman–Crippen MR) is 110 cm³/mol. The van der Waals surface area contributed by atoms with Gasteiger partial charge in [0.15, 0.2) is 17.0 Å². The summed E-state index contributed by atoms with van der Waals surface area (Å²) in [4.78, 5) is 13.2. The van der Waals surface area contributed by atoms with Crippen LogP contribution in [0, 0.1) is 0 Å². The van der Waals surface area contributed by atoms with Crippen LogP contribution in [0.5, 0.6) is 0 Å². The maximum Gasteiger partial charge on any atom is 0.226 e. The number of halogens is 1. The summed E-state index contributed by atoms with van der Waals surface area (Å²) < 4.78 is 1.77. The van der Waals surface area contributed by atoms with Crippen LogP contribution in [0.15, 0.2) is 30.6 Å². The van der Waals surface area contributed by atoms with E-state index in [1.807, 2.05) is 0 Å². The first kappa shape index (κ1) is 18.2. The van der Waals surface area contributed by atoms with E-state index in [0.717, 1.165) is 19.3 Å². The highest BCUT2D eigenvalue weighted by Gasteiger charge is 2.36. The highest BCUT2D eigenvalue weighted by molar-refractivity contribution is 7.99. The van der Waals surface area contributed by atoms with E-state index in [-0.39, 0.29) is 16.7 Å². The van der Waals surface area contributed by atoms with E-state index in [1.165, 1.54) is 22.9 Å². The molecule has 2 aromatic heterocycles. The number of aryl methyl sites for hydroxylation is 1. The minimum atomic E-state index is -0.873. The maximum atomic E-state index is 10.3. The Morgan fingerprint density at radius 1 is 1.18 bits per heavy atom. The Bertz CT molecular complexity index is 1030. The summed E-state index contributed by atoms with van der Waals surface area (Å²) in [6.07, 6.45) is 2.95. The normalized spacial score (nSPS) is 27.1. The average molecular weight is 418 g/mol. The van der Waals surface area contributed by atoms with Crippen LogP contribution in [0.1, 0.15) is 22.9 Å². The number of aliphatic hydroxyl groups excluding tert-OH is 2. The number of hydrogen-bond donors (Lipinski definition) is 3. The zero-order chi connectivity index (χ0) is 19.3. The van der Waals surface area contributed by atoms with Gasteiger partial charge in [-0.25, -0.2) is 4.98 Å². The van der Waals surface area contributed by atoms with Gasteiger partial charge in [-0.1, -0.05) is 24.3 Å². The Morgan fingerprint density at radius 3 is 2.79 bits per heavy atom. The fourth-order valence-electron chi connectivity index (χ4n) is 4.02. The van der Waals surface area contributed by atoms with Gasteiger partial charge in [0.05, 0.1) is 12.4 Å². The molecule has 9 heteroatoms. The number of thioether (sulfide) groups is 1. The summed E-state index contributed by atoms with van der Waals surface area (Å²) in [5.41, 5.74) is 3.94. The number of nitrogens with zero attached hydrogens (tertiary/aromatic N) is 4. The number of rotatable bonds is 3. The van der Waals surface area contributed by atoms with Crippen molar-refractivity contribution in [2.24, 2.45) is 0 Å². The van der Waals surface area contributed by atoms with Crippen molar-refractivity contribution in [2.45, 2.75) is 42.9 Å². The lowest BCUT2D eigenvalue weighted by atomic mass is 9.88. The third kappa shape index (κ3) is 3.14. The average Bonchev–Trinajstić information content (AvgIpc) is 3.25. The van der Waals surface area contributed by atoms with E-state index in [9.17, 15) is 10.2 Å². The molecule has 1 saturated heterocycles. The highest BCUT2D eigenvalue weighted by Crippen LogP contribution is 2.38. The van der Waals surface area contributed by atoms with Gasteiger partial charge in [-0.05, 0) is 42.0 Å². The van der Waals surface area contributed by atoms with Crippen molar-refractivity contribution in [1.82, 2.24) is 19.5 Å². The van der Waals surface area contributed by atoms with E-state index in [2.05, 4.69) is 44.5 Å². The first-order valence-electron chi connectivity index (χ1n) is 9.31. The molecule has 1 fully saturated rings. The summed E-state index contributed by atoms with van der Waals surface area (Å²) in [5, 5.41) is 23.4. The van der Waals surface area contributed by atoms with Crippen LogP contribution in [0.4, 0.5) is 5.82 Å². The highest BCUT2D eigenvalue weighted by atomic mass is 35.5. The molecule has 3 N–H and O–H groups in total. The van der Waals surface area contributed by atoms with Crippen LogP contribution in [0.3, 0.4) is 0 Å². The molecule has 7 nitrogen and oxygen atoms in total. The van der Waals surface area contributed by atoms with Gasteiger partial charge in [0, 0.05) is 11.8 Å². The van der Waals surface area contributed by atoms with E-state index in [4.69, 9.17) is 11.6 Å². The Kier molecular flexibility index (Phi) is 4.66. The summed E-state index contributed by atoms with van der Waals surface area (Å²) in [6, 6.07) is 8.75. The number of aromatic nitrogens is 4. The topological polar surface area (TPSA) is 96.1 Å². The number of fused-ring (bicyclic) bond motifs is 2. The van der Waals surface area contributed by atoms with Crippen LogP contribution in [-0.2, 0) is 12.8 Å². The second-order valence-corrected chi connectivity index (χ2v) is 8.79. The van der Waals surface area contributed by atoms with Gasteiger partial charge in [0.2, 0.25) is 5.28 Å². The summed E-state index contributed by atoms with van der Waals surface area (Å²) in [7, 11) is 0. The lowest BCUT2D eigenvalue weighted by molar-refractivity contribution is 0.0313. The van der Waals surface area contributed by atoms with E-state index >= 15 is 0 Å². The molecule has 0 saturated carbocycles. The Balaban J connectivity index is 1.46. The molecule has 1 aliphatic heterocycles. The fourth-order valence-corrected chi connectivity index (χ4v) is 5.47. The molecule has 0 radical (unpaired) electrons. The van der Waals surface area contributed by atoms with E-state index in [0.29, 0.717) is 22.7 Å². The second kappa shape index (κ2) is 7.18. The molecule has 3 heterocycles. The lowest BCUT2D eigenvalue weighted by Crippen LogP contribution is -2.28. The van der Waals surface area contributed by atoms with Gasteiger partial charge < -0.3 is 15.5 Å². The van der Waals surface area contributed by atoms with Crippen molar-refractivity contribution in [3.63, 3.8) is 0 Å². The van der Waals surface area contributed by atoms with Crippen molar-refractivity contribution >= 4 is 40.3 Å². The molecule has 0 spiro atoms. The molecule has 1 aliphatic carbocycles. The third-order valence-corrected chi connectivity index (χ3v) is 7.03. The van der Waals surface area contributed by atoms with Crippen molar-refractivity contribution < 1.29 is 10.2 Å². The van der Waals surface area contributed by atoms with Crippen molar-refractivity contribution in [1.29, 1.82) is 0 Å². The van der Waals surface area contributed by atoms with Crippen molar-refractivity contribution in [2.75, 3.05) is 11.1 Å². The molecule has 0 amide bonds. The maximum absolute atomic E-state index is 10.3. The number of hydrogen-bond acceptors (Lipinski definition) is 7. The molecule has 4 atom stereocenters. The SMILES string of the molecule is O[C@@H]1[C@H](O)CS[C@H]1n1cnc2c(N[C@@H]3CCc4ccccc4C3)nc(Cl)nc21. The van der Waals surface area contributed by atoms with Crippen molar-refractivity contribution in [3.05, 3.63) is 47.0 Å². The molecule has 0 bridgehead atoms. The van der Waals surface area contributed by atoms with Crippen LogP contribution >= 0.6 is 23.4 Å². The molecular formula is C19H20ClN5O2S. The van der Waals surface area contributed by atoms with Gasteiger partial charge in [-0.15, -0.1) is 11.8 Å². The third-order valence-electron chi connectivity index (χ3n) is 5.48. The van der Waals surface area contributed by atoms with Gasteiger partial charge in [-0.2, -0.15) is 9.97 Å². The Labute approximate surface area is 171 Å². The Hall–Kier alpha value is -1.87. The first-order valence-corrected chi connectivity index (χ1v) is 10.7. The number of aliphatic hydroxyl groups is 2. The molecular weight excluding hydrogens is 398 g/mol. The minimum absolute atomic E-state index is 0.131. The largest absolute Gasteiger partial charge is 0.389 e. The van der Waals surface area contributed by atoms with Crippen LogP contribution in [0.2, 0.25) is 5.28 Å². The number of imidazole rings is 1. The summed E-state index contributed by atoms with van der Waals surface area (Å²) >= 11 is 7.67. The molecule has 2 aliphatic rings. The van der Waals surface area contributed by atoms with Gasteiger partial charge in [0.1, 0.15) is 11.5 Å². The Morgan fingerprint density at radius 2 is 2.00 bits per heavy atom. The summed E-state index contributed by atoms with van der Waals surface area (Å²) in [5.74, 6) is 1.08. The minimum Gasteiger partial charge on any atom is -0.389 e. The first-order chi connectivity index (χ1) is 13.6. The summed E-state index contributed by atoms with van der Waals surface area (Å²) in [6.45, 7) is 0. The van der Waals surface area contributed by atoms with Gasteiger partial charge in [0.25, 0.3) is 0 Å². The van der Waals surface area contributed by atoms with E-state index in [1.54, 1.807) is 10.9 Å². The van der Waals surface area contributed by atoms with Gasteiger partial charge >= 0.3 is 0 Å². The number of nitrogens with one attached hydrogen (secondary N) is 1. The number of anilines is 1. The second-order valence-electron chi connectivity index (χ2n) is 7.30. The molecule has 1 aromatic carbocycles. The fraction of sp³-hybridized carbons (Fsp3) is 0.421. The molecule has 146 valence electrons. The standard InChI is InChI=1S/C19H20ClN5O2S/c20-19-23-16(22-12-6-5-10-3-1-2-4-11(10)7-12)14-17(24-19)25(9-21-14)18-15(27)13(26)8-28-18/h1-4,9,12-13,15,18,26-27H,5-8H2,(H,22,23,24)/t12-,13-,15-,18-/m1/s1. The van der Waals surface area contributed by atoms with E-state index < -0.39 is 12.2 Å². The van der Waals surface area contributed by atoms with Crippen LogP contribution < -0.4 is 5.32 Å². The lowest BCUT2D eigenvalue weighted by Gasteiger charge is -2.26. The number of benzene rings is 1. The monoisotopic (exact) mass is 417 g/mol. The van der Waals surface area contributed by atoms with Crippen LogP contribution in [-0.4, -0.2) is 53.7 Å². The smallest absolute Gasteiger partial charge is 0.226 e. The predicted octanol–water partition coefficient (Wildman–Crippen LogP) is 2.42.